The van der Waals surface area contributed by atoms with Gasteiger partial charge in [-0.3, -0.25) is 29.8 Å². The summed E-state index contributed by atoms with van der Waals surface area (Å²) in [5.41, 5.74) is 2.88. The number of allylic oxidation sites excluding steroid dienone is 4. The third kappa shape index (κ3) is 5.12. The van der Waals surface area contributed by atoms with Crippen LogP contribution in [-0.4, -0.2) is 39.5 Å². The molecule has 5 rings (SSSR count). The van der Waals surface area contributed by atoms with Gasteiger partial charge in [-0.2, -0.15) is 0 Å². The average molecular weight is 626 g/mol. The lowest BCUT2D eigenvalue weighted by Gasteiger charge is -2.43. The monoisotopic (exact) mass is 625 g/mol. The van der Waals surface area contributed by atoms with Gasteiger partial charge in [0, 0.05) is 53.9 Å². The number of ketones is 2. The van der Waals surface area contributed by atoms with Crippen LogP contribution in [0.5, 0.6) is 17.2 Å². The van der Waals surface area contributed by atoms with Gasteiger partial charge in [0.25, 0.3) is 5.69 Å². The maximum Gasteiger partial charge on any atom is 0.318 e. The lowest BCUT2D eigenvalue weighted by Crippen LogP contribution is -2.39. The summed E-state index contributed by atoms with van der Waals surface area (Å²) in [6.45, 7) is 4.71. The Morgan fingerprint density at radius 2 is 1.54 bits per heavy atom. The summed E-state index contributed by atoms with van der Waals surface area (Å²) in [5.74, 6) is -0.343. The molecule has 0 radical (unpaired) electrons. The fraction of sp³-hybridized carbons (Fsp3) is 0.379. The van der Waals surface area contributed by atoms with E-state index < -0.39 is 27.1 Å². The normalized spacial score (nSPS) is 17.4. The minimum atomic E-state index is -0.752. The Morgan fingerprint density at radius 3 is 2.07 bits per heavy atom. The van der Waals surface area contributed by atoms with Crippen molar-refractivity contribution < 1.29 is 28.9 Å². The smallest absolute Gasteiger partial charge is 0.318 e. The molecule has 0 fully saturated rings. The van der Waals surface area contributed by atoms with E-state index in [0.29, 0.717) is 40.6 Å². The van der Waals surface area contributed by atoms with Crippen LogP contribution in [0.25, 0.3) is 0 Å². The fourth-order valence-electron chi connectivity index (χ4n) is 6.01. The first-order chi connectivity index (χ1) is 19.7. The Hall–Kier alpha value is -4.06. The number of nitro benzene ring substituents is 2. The molecule has 0 N–H and O–H groups in total. The standard InChI is InChI=1S/C29H28BrN3O8/c1-3-31-19-7-5-9-22(34)27(19)26(28-20(31)8-6-10-23(28)35)16-13-18(30)29(25(14-16)40-4-2)41-24-12-11-17(32(36)37)15-21(24)33(38)39/h11-15,26H,3-10H2,1-2H3. The Bertz CT molecular complexity index is 1500. The number of nitrogens with zero attached hydrogens (tertiary/aromatic N) is 3. The zero-order valence-corrected chi connectivity index (χ0v) is 24.2. The SMILES string of the molecule is CCOc1cc(C2C3=C(CCCC3=O)N(CC)C3=C2C(=O)CCC3)cc(Br)c1Oc1ccc([N+](=O)[O-])cc1[N+](=O)[O-]. The summed E-state index contributed by atoms with van der Waals surface area (Å²) in [7, 11) is 0. The predicted molar refractivity (Wildman–Crippen MR) is 152 cm³/mol. The van der Waals surface area contributed by atoms with Crippen LogP contribution in [0.2, 0.25) is 0 Å². The number of carbonyl (C=O) groups excluding carboxylic acids is 2. The second-order valence-electron chi connectivity index (χ2n) is 9.98. The summed E-state index contributed by atoms with van der Waals surface area (Å²) in [4.78, 5) is 50.4. The zero-order chi connectivity index (χ0) is 29.4. The number of rotatable bonds is 8. The average Bonchev–Trinajstić information content (AvgIpc) is 2.94. The first-order valence-electron chi connectivity index (χ1n) is 13.5. The lowest BCUT2D eigenvalue weighted by molar-refractivity contribution is -0.394. The molecule has 1 heterocycles. The van der Waals surface area contributed by atoms with Gasteiger partial charge in [0.2, 0.25) is 5.75 Å². The molecule has 0 spiro atoms. The number of halogens is 1. The van der Waals surface area contributed by atoms with Crippen molar-refractivity contribution >= 4 is 38.9 Å². The number of non-ortho nitro benzene ring substituents is 1. The van der Waals surface area contributed by atoms with Crippen LogP contribution in [0.1, 0.15) is 63.9 Å². The molecule has 12 heteroatoms. The highest BCUT2D eigenvalue weighted by atomic mass is 79.9. The second kappa shape index (κ2) is 11.4. The molecular formula is C29H28BrN3O8. The van der Waals surface area contributed by atoms with Gasteiger partial charge in [-0.05, 0) is 79.2 Å². The fourth-order valence-corrected chi connectivity index (χ4v) is 6.55. The minimum absolute atomic E-state index is 0.0236. The molecule has 1 aliphatic heterocycles. The first kappa shape index (κ1) is 28.5. The van der Waals surface area contributed by atoms with Gasteiger partial charge in [-0.15, -0.1) is 0 Å². The summed E-state index contributed by atoms with van der Waals surface area (Å²) >= 11 is 3.53. The number of hydrogen-bond donors (Lipinski definition) is 0. The van der Waals surface area contributed by atoms with E-state index in [2.05, 4.69) is 20.8 Å². The highest BCUT2D eigenvalue weighted by Crippen LogP contribution is 2.52. The third-order valence-corrected chi connectivity index (χ3v) is 8.22. The largest absolute Gasteiger partial charge is 0.490 e. The molecule has 2 aromatic carbocycles. The molecule has 0 bridgehead atoms. The molecule has 0 saturated carbocycles. The molecule has 0 atom stereocenters. The van der Waals surface area contributed by atoms with Crippen molar-refractivity contribution in [3.63, 3.8) is 0 Å². The highest BCUT2D eigenvalue weighted by Gasteiger charge is 2.43. The van der Waals surface area contributed by atoms with Gasteiger partial charge in [0.05, 0.1) is 27.0 Å². The Labute approximate surface area is 244 Å². The summed E-state index contributed by atoms with van der Waals surface area (Å²) in [6, 6.07) is 6.59. The molecule has 0 aromatic heterocycles. The summed E-state index contributed by atoms with van der Waals surface area (Å²) in [5, 5.41) is 22.9. The van der Waals surface area contributed by atoms with E-state index in [-0.39, 0.29) is 35.4 Å². The van der Waals surface area contributed by atoms with E-state index in [4.69, 9.17) is 9.47 Å². The zero-order valence-electron chi connectivity index (χ0n) is 22.6. The van der Waals surface area contributed by atoms with Gasteiger partial charge in [0.15, 0.2) is 23.1 Å². The van der Waals surface area contributed by atoms with Crippen LogP contribution >= 0.6 is 15.9 Å². The third-order valence-electron chi connectivity index (χ3n) is 7.63. The van der Waals surface area contributed by atoms with Crippen molar-refractivity contribution in [1.29, 1.82) is 0 Å². The molecule has 0 unspecified atom stereocenters. The maximum absolute atomic E-state index is 13.4. The van der Waals surface area contributed by atoms with Crippen molar-refractivity contribution in [2.75, 3.05) is 13.2 Å². The molecule has 41 heavy (non-hydrogen) atoms. The van der Waals surface area contributed by atoms with Gasteiger partial charge >= 0.3 is 5.69 Å². The number of benzene rings is 2. The highest BCUT2D eigenvalue weighted by molar-refractivity contribution is 9.10. The molecule has 2 aromatic rings. The quantitative estimate of drug-likeness (QED) is 0.226. The predicted octanol–water partition coefficient (Wildman–Crippen LogP) is 6.89. The van der Waals surface area contributed by atoms with E-state index in [9.17, 15) is 29.8 Å². The maximum atomic E-state index is 13.4. The number of hydrogen-bond acceptors (Lipinski definition) is 9. The Morgan fingerprint density at radius 1 is 0.902 bits per heavy atom. The van der Waals surface area contributed by atoms with Crippen LogP contribution in [0.4, 0.5) is 11.4 Å². The lowest BCUT2D eigenvalue weighted by atomic mass is 9.71. The number of nitro groups is 2. The van der Waals surface area contributed by atoms with Crippen molar-refractivity contribution in [1.82, 2.24) is 4.90 Å². The number of ether oxygens (including phenoxy) is 2. The number of carbonyl (C=O) groups is 2. The van der Waals surface area contributed by atoms with Crippen LogP contribution < -0.4 is 9.47 Å². The summed E-state index contributed by atoms with van der Waals surface area (Å²) < 4.78 is 12.2. The van der Waals surface area contributed by atoms with Gasteiger partial charge < -0.3 is 14.4 Å². The van der Waals surface area contributed by atoms with E-state index >= 15 is 0 Å². The summed E-state index contributed by atoms with van der Waals surface area (Å²) in [6.07, 6.45) is 3.84. The van der Waals surface area contributed by atoms with Crippen molar-refractivity contribution in [3.8, 4) is 17.2 Å². The molecule has 214 valence electrons. The second-order valence-corrected chi connectivity index (χ2v) is 10.8. The molecule has 11 nitrogen and oxygen atoms in total. The van der Waals surface area contributed by atoms with E-state index in [1.165, 1.54) is 6.07 Å². The van der Waals surface area contributed by atoms with Gasteiger partial charge in [-0.25, -0.2) is 0 Å². The molecule has 2 aliphatic carbocycles. The van der Waals surface area contributed by atoms with Crippen LogP contribution in [0.3, 0.4) is 0 Å². The Balaban J connectivity index is 1.66. The molecule has 0 saturated heterocycles. The van der Waals surface area contributed by atoms with Gasteiger partial charge in [0.1, 0.15) is 0 Å². The topological polar surface area (TPSA) is 142 Å². The van der Waals surface area contributed by atoms with Crippen LogP contribution in [0.15, 0.2) is 57.3 Å². The van der Waals surface area contributed by atoms with Crippen molar-refractivity contribution in [2.45, 2.75) is 58.3 Å². The van der Waals surface area contributed by atoms with E-state index in [1.54, 1.807) is 19.1 Å². The van der Waals surface area contributed by atoms with Crippen molar-refractivity contribution in [2.24, 2.45) is 0 Å². The Kier molecular flexibility index (Phi) is 7.94. The van der Waals surface area contributed by atoms with Crippen LogP contribution in [-0.2, 0) is 9.59 Å². The van der Waals surface area contributed by atoms with E-state index in [0.717, 1.165) is 49.2 Å². The van der Waals surface area contributed by atoms with Crippen molar-refractivity contribution in [3.05, 3.63) is 83.1 Å². The molecular weight excluding hydrogens is 598 g/mol. The minimum Gasteiger partial charge on any atom is -0.490 e. The van der Waals surface area contributed by atoms with Crippen LogP contribution in [0, 0.1) is 20.2 Å². The number of Topliss-reactive ketones (excluding diaryl/α,β-unsaturated/α-hetero) is 2. The first-order valence-corrected chi connectivity index (χ1v) is 14.3. The molecule has 0 amide bonds. The van der Waals surface area contributed by atoms with E-state index in [1.807, 2.05) is 6.92 Å². The van der Waals surface area contributed by atoms with Gasteiger partial charge in [-0.1, -0.05) is 0 Å². The molecule has 3 aliphatic rings.